The zero-order chi connectivity index (χ0) is 24.7. The first-order valence-electron chi connectivity index (χ1n) is 13.5. The van der Waals surface area contributed by atoms with Crippen molar-refractivity contribution in [3.05, 3.63) is 0 Å². The molecule has 0 atom stereocenters. The van der Waals surface area contributed by atoms with E-state index in [1.165, 1.54) is 57.1 Å². The summed E-state index contributed by atoms with van der Waals surface area (Å²) in [6.07, 6.45) is 12.9. The van der Waals surface area contributed by atoms with Gasteiger partial charge in [0.1, 0.15) is 18.7 Å². The first-order valence-corrected chi connectivity index (χ1v) is 14.2. The van der Waals surface area contributed by atoms with Gasteiger partial charge >= 0.3 is 0 Å². The van der Waals surface area contributed by atoms with Crippen LogP contribution in [0.3, 0.4) is 0 Å². The predicted octanol–water partition coefficient (Wildman–Crippen LogP) is 5.65. The van der Waals surface area contributed by atoms with Crippen LogP contribution in [0.5, 0.6) is 0 Å². The standard InChI is InChI=1S/C26H49N4O3S/c1-5-6-7-12-19-33-24(3)28-34-27-23(2)20-25-13-17-30(4,18-14-25)22-32-21-26(31)29-15-10-8-9-11-16-29/h25H,5-22H2,1-4H3/q+1/b27-23+,28-24+. The van der Waals surface area contributed by atoms with Crippen LogP contribution in [0.2, 0.25) is 0 Å². The van der Waals surface area contributed by atoms with Crippen molar-refractivity contribution in [3.63, 3.8) is 0 Å². The Morgan fingerprint density at radius 3 is 2.41 bits per heavy atom. The molecule has 0 unspecified atom stereocenters. The van der Waals surface area contributed by atoms with Crippen LogP contribution in [0.15, 0.2) is 8.80 Å². The smallest absolute Gasteiger partial charge is 0.248 e. The van der Waals surface area contributed by atoms with E-state index in [0.29, 0.717) is 18.5 Å². The van der Waals surface area contributed by atoms with Crippen LogP contribution in [0.1, 0.15) is 91.4 Å². The normalized spacial score (nSPS) is 24.7. The number of hydrogen-bond donors (Lipinski definition) is 0. The van der Waals surface area contributed by atoms with Gasteiger partial charge in [-0.2, -0.15) is 4.40 Å². The van der Waals surface area contributed by atoms with Crippen LogP contribution in [-0.4, -0.2) is 80.1 Å². The summed E-state index contributed by atoms with van der Waals surface area (Å²) >= 11 is 1.24. The van der Waals surface area contributed by atoms with Crippen LogP contribution < -0.4 is 0 Å². The lowest BCUT2D eigenvalue weighted by Crippen LogP contribution is -2.51. The summed E-state index contributed by atoms with van der Waals surface area (Å²) in [4.78, 5) is 14.4. The van der Waals surface area contributed by atoms with Crippen molar-refractivity contribution < 1.29 is 18.8 Å². The van der Waals surface area contributed by atoms with Crippen molar-refractivity contribution in [3.8, 4) is 0 Å². The lowest BCUT2D eigenvalue weighted by atomic mass is 9.91. The number of rotatable bonds is 13. The van der Waals surface area contributed by atoms with Gasteiger partial charge in [-0.3, -0.25) is 4.79 Å². The maximum atomic E-state index is 12.5. The molecule has 8 heteroatoms. The molecular weight excluding hydrogens is 448 g/mol. The third-order valence-corrected chi connectivity index (χ3v) is 7.73. The number of hydrogen-bond acceptors (Lipinski definition) is 6. The minimum absolute atomic E-state index is 0.160. The summed E-state index contributed by atoms with van der Waals surface area (Å²) < 4.78 is 21.4. The van der Waals surface area contributed by atoms with E-state index in [4.69, 9.17) is 9.47 Å². The van der Waals surface area contributed by atoms with E-state index in [1.54, 1.807) is 0 Å². The molecule has 2 fully saturated rings. The fourth-order valence-corrected chi connectivity index (χ4v) is 5.14. The zero-order valence-corrected chi connectivity index (χ0v) is 23.0. The molecule has 2 heterocycles. The van der Waals surface area contributed by atoms with Crippen molar-refractivity contribution in [2.75, 3.05) is 53.2 Å². The van der Waals surface area contributed by atoms with Crippen LogP contribution in [0.25, 0.3) is 0 Å². The van der Waals surface area contributed by atoms with Gasteiger partial charge in [-0.15, -0.1) is 0 Å². The second kappa shape index (κ2) is 16.5. The fraction of sp³-hybridized carbons (Fsp3) is 0.885. The quantitative estimate of drug-likeness (QED) is 0.108. The monoisotopic (exact) mass is 497 g/mol. The number of piperidine rings is 1. The summed E-state index contributed by atoms with van der Waals surface area (Å²) in [7, 11) is 2.25. The summed E-state index contributed by atoms with van der Waals surface area (Å²) in [6, 6.07) is 0. The van der Waals surface area contributed by atoms with Gasteiger partial charge < -0.3 is 18.9 Å². The highest BCUT2D eigenvalue weighted by Crippen LogP contribution is 2.25. The van der Waals surface area contributed by atoms with Crippen molar-refractivity contribution in [1.82, 2.24) is 4.90 Å². The number of carbonyl (C=O) groups is 1. The molecule has 1 amide bonds. The molecule has 0 aromatic heterocycles. The van der Waals surface area contributed by atoms with Crippen molar-refractivity contribution in [2.24, 2.45) is 14.7 Å². The number of likely N-dealkylation sites (tertiary alicyclic amines) is 2. The third kappa shape index (κ3) is 12.0. The summed E-state index contributed by atoms with van der Waals surface area (Å²) in [5, 5.41) is 0. The maximum absolute atomic E-state index is 12.5. The van der Waals surface area contributed by atoms with E-state index < -0.39 is 0 Å². The Balaban J connectivity index is 1.60. The van der Waals surface area contributed by atoms with E-state index in [0.717, 1.165) is 68.7 Å². The molecule has 2 rings (SSSR count). The number of ether oxygens (including phenoxy) is 2. The first kappa shape index (κ1) is 29.1. The van der Waals surface area contributed by atoms with Crippen molar-refractivity contribution in [1.29, 1.82) is 0 Å². The first-order chi connectivity index (χ1) is 16.4. The van der Waals surface area contributed by atoms with Crippen LogP contribution in [-0.2, 0) is 14.3 Å². The molecule has 0 radical (unpaired) electrons. The Bertz CT molecular complexity index is 640. The highest BCUT2D eigenvalue weighted by Gasteiger charge is 2.30. The minimum Gasteiger partial charge on any atom is -0.481 e. The Hall–Kier alpha value is -1.12. The maximum Gasteiger partial charge on any atom is 0.248 e. The second-order valence-corrected chi connectivity index (χ2v) is 10.9. The lowest BCUT2D eigenvalue weighted by molar-refractivity contribution is -0.933. The van der Waals surface area contributed by atoms with E-state index in [2.05, 4.69) is 29.7 Å². The van der Waals surface area contributed by atoms with Gasteiger partial charge in [-0.25, -0.2) is 4.40 Å². The number of amides is 1. The molecule has 2 saturated heterocycles. The van der Waals surface area contributed by atoms with Gasteiger partial charge in [0.2, 0.25) is 5.91 Å². The average Bonchev–Trinajstić information content (AvgIpc) is 3.10. The molecule has 2 aliphatic heterocycles. The van der Waals surface area contributed by atoms with Crippen molar-refractivity contribution in [2.45, 2.75) is 91.4 Å². The number of unbranched alkanes of at least 4 members (excludes halogenated alkanes) is 3. The molecule has 34 heavy (non-hydrogen) atoms. The van der Waals surface area contributed by atoms with Gasteiger partial charge in [-0.05, 0) is 38.5 Å². The molecule has 0 N–H and O–H groups in total. The fourth-order valence-electron chi connectivity index (χ4n) is 4.72. The van der Waals surface area contributed by atoms with Gasteiger partial charge in [0.15, 0.2) is 12.6 Å². The van der Waals surface area contributed by atoms with E-state index in [1.807, 2.05) is 11.8 Å². The largest absolute Gasteiger partial charge is 0.481 e. The van der Waals surface area contributed by atoms with Gasteiger partial charge in [-0.1, -0.05) is 39.0 Å². The SMILES string of the molecule is CCCCCCO/C(C)=N/S/N=C(\C)CC1CC[N+](C)(COCC(=O)N2CCCCCC2)CC1. The Kier molecular flexibility index (Phi) is 14.2. The lowest BCUT2D eigenvalue weighted by Gasteiger charge is -2.40. The Labute approximate surface area is 212 Å². The zero-order valence-electron chi connectivity index (χ0n) is 22.2. The molecule has 196 valence electrons. The van der Waals surface area contributed by atoms with Gasteiger partial charge in [0.05, 0.1) is 26.7 Å². The van der Waals surface area contributed by atoms with E-state index in [9.17, 15) is 4.79 Å². The van der Waals surface area contributed by atoms with Crippen LogP contribution in [0.4, 0.5) is 0 Å². The summed E-state index contributed by atoms with van der Waals surface area (Å²) in [6.45, 7) is 11.8. The van der Waals surface area contributed by atoms with Gasteiger partial charge in [0, 0.05) is 38.6 Å². The number of nitrogens with zero attached hydrogens (tertiary/aromatic N) is 4. The second-order valence-electron chi connectivity index (χ2n) is 10.4. The number of carbonyl (C=O) groups excluding carboxylic acids is 1. The Morgan fingerprint density at radius 1 is 1.03 bits per heavy atom. The molecule has 0 aliphatic carbocycles. The third-order valence-electron chi connectivity index (χ3n) is 7.00. The van der Waals surface area contributed by atoms with Gasteiger partial charge in [0.25, 0.3) is 0 Å². The topological polar surface area (TPSA) is 63.5 Å². The molecule has 2 aliphatic rings. The Morgan fingerprint density at radius 2 is 1.74 bits per heavy atom. The van der Waals surface area contributed by atoms with Crippen molar-refractivity contribution >= 4 is 29.7 Å². The molecule has 0 bridgehead atoms. The molecule has 0 spiro atoms. The highest BCUT2D eigenvalue weighted by atomic mass is 32.2. The summed E-state index contributed by atoms with van der Waals surface area (Å²) in [5.74, 6) is 1.53. The van der Waals surface area contributed by atoms with E-state index in [-0.39, 0.29) is 12.5 Å². The van der Waals surface area contributed by atoms with Crippen LogP contribution in [0, 0.1) is 5.92 Å². The average molecular weight is 498 g/mol. The molecule has 0 aromatic carbocycles. The predicted molar refractivity (Wildman–Crippen MR) is 143 cm³/mol. The molecule has 0 saturated carbocycles. The van der Waals surface area contributed by atoms with Crippen LogP contribution >= 0.6 is 12.1 Å². The molecular formula is C26H49N4O3S+. The highest BCUT2D eigenvalue weighted by molar-refractivity contribution is 7.97. The van der Waals surface area contributed by atoms with E-state index >= 15 is 0 Å². The molecule has 7 nitrogen and oxygen atoms in total. The minimum atomic E-state index is 0.160. The summed E-state index contributed by atoms with van der Waals surface area (Å²) in [5.41, 5.74) is 1.14. The number of quaternary nitrogens is 1. The molecule has 0 aromatic rings.